The molecule has 2 rings (SSSR count). The van der Waals surface area contributed by atoms with Crippen molar-refractivity contribution in [3.8, 4) is 5.75 Å². The highest BCUT2D eigenvalue weighted by Crippen LogP contribution is 2.34. The van der Waals surface area contributed by atoms with E-state index in [1.54, 1.807) is 6.07 Å². The van der Waals surface area contributed by atoms with Crippen LogP contribution in [0.3, 0.4) is 0 Å². The van der Waals surface area contributed by atoms with Crippen LogP contribution in [-0.4, -0.2) is 11.9 Å². The maximum absolute atomic E-state index is 10.7. The largest absolute Gasteiger partial charge is 0.483 e. The van der Waals surface area contributed by atoms with Crippen LogP contribution >= 0.6 is 0 Å². The van der Waals surface area contributed by atoms with Crippen molar-refractivity contribution in [3.05, 3.63) is 35.4 Å². The normalized spacial score (nSPS) is 16.4. The van der Waals surface area contributed by atoms with Gasteiger partial charge in [-0.15, -0.1) is 0 Å². The predicted octanol–water partition coefficient (Wildman–Crippen LogP) is 3.46. The summed E-state index contributed by atoms with van der Waals surface area (Å²) in [4.78, 5) is 10.7. The Morgan fingerprint density at radius 1 is 1.31 bits per heavy atom. The Kier molecular flexibility index (Phi) is 2.82. The summed E-state index contributed by atoms with van der Waals surface area (Å²) < 4.78 is 6.01. The molecule has 84 valence electrons. The minimum absolute atomic E-state index is 0.171. The van der Waals surface area contributed by atoms with Crippen molar-refractivity contribution < 1.29 is 9.53 Å². The van der Waals surface area contributed by atoms with Crippen LogP contribution in [0, 0.1) is 0 Å². The summed E-state index contributed by atoms with van der Waals surface area (Å²) in [6.07, 6.45) is 6.92. The van der Waals surface area contributed by atoms with E-state index in [1.807, 2.05) is 12.1 Å². The highest BCUT2D eigenvalue weighted by atomic mass is 16.5. The van der Waals surface area contributed by atoms with E-state index in [0.29, 0.717) is 5.56 Å². The van der Waals surface area contributed by atoms with E-state index in [9.17, 15) is 4.79 Å². The van der Waals surface area contributed by atoms with Gasteiger partial charge in [0.2, 0.25) is 0 Å². The van der Waals surface area contributed by atoms with Crippen molar-refractivity contribution in [2.45, 2.75) is 32.3 Å². The highest BCUT2D eigenvalue weighted by molar-refractivity contribution is 5.78. The van der Waals surface area contributed by atoms with Gasteiger partial charge in [-0.25, -0.2) is 0 Å². The molecule has 2 nitrogen and oxygen atoms in total. The molecule has 0 radical (unpaired) electrons. The standard InChI is InChI=1S/C14H16O2/c1-3-14(4-2)8-7-12-9-11(10-15)5-6-13(12)16-14/h5-10H,3-4H2,1-2H3. The molecule has 0 atom stereocenters. The third-order valence-electron chi connectivity index (χ3n) is 3.25. The Hall–Kier alpha value is -1.57. The fourth-order valence-corrected chi connectivity index (χ4v) is 1.99. The molecule has 0 amide bonds. The van der Waals surface area contributed by atoms with Crippen molar-refractivity contribution in [1.82, 2.24) is 0 Å². The molecule has 1 aliphatic rings. The number of carbonyl (C=O) groups excluding carboxylic acids is 1. The number of hydrogen-bond acceptors (Lipinski definition) is 2. The molecule has 0 fully saturated rings. The Morgan fingerprint density at radius 3 is 2.69 bits per heavy atom. The predicted molar refractivity (Wildman–Crippen MR) is 64.8 cm³/mol. The fraction of sp³-hybridized carbons (Fsp3) is 0.357. The molecule has 0 saturated heterocycles. The van der Waals surface area contributed by atoms with Gasteiger partial charge in [0.25, 0.3) is 0 Å². The summed E-state index contributed by atoms with van der Waals surface area (Å²) in [7, 11) is 0. The lowest BCUT2D eigenvalue weighted by molar-refractivity contribution is 0.108. The average Bonchev–Trinajstić information content (AvgIpc) is 2.37. The average molecular weight is 216 g/mol. The highest BCUT2D eigenvalue weighted by Gasteiger charge is 2.28. The van der Waals surface area contributed by atoms with Gasteiger partial charge in [-0.3, -0.25) is 4.79 Å². The Labute approximate surface area is 95.9 Å². The summed E-state index contributed by atoms with van der Waals surface area (Å²) in [5.41, 5.74) is 1.50. The second kappa shape index (κ2) is 4.12. The van der Waals surface area contributed by atoms with E-state index >= 15 is 0 Å². The lowest BCUT2D eigenvalue weighted by Gasteiger charge is -2.33. The molecule has 1 aromatic carbocycles. The number of rotatable bonds is 3. The summed E-state index contributed by atoms with van der Waals surface area (Å²) in [6, 6.07) is 5.53. The minimum Gasteiger partial charge on any atom is -0.483 e. The Balaban J connectivity index is 2.39. The third-order valence-corrected chi connectivity index (χ3v) is 3.25. The van der Waals surface area contributed by atoms with Crippen LogP contribution < -0.4 is 4.74 Å². The first-order valence-electron chi connectivity index (χ1n) is 5.70. The Bertz CT molecular complexity index is 428. The molecule has 0 N–H and O–H groups in total. The quantitative estimate of drug-likeness (QED) is 0.723. The van der Waals surface area contributed by atoms with Gasteiger partial charge < -0.3 is 4.74 Å². The molecular weight excluding hydrogens is 200 g/mol. The van der Waals surface area contributed by atoms with Crippen molar-refractivity contribution >= 4 is 12.4 Å². The van der Waals surface area contributed by atoms with Gasteiger partial charge in [-0.05, 0) is 37.1 Å². The zero-order valence-electron chi connectivity index (χ0n) is 9.69. The molecule has 1 aliphatic heterocycles. The molecule has 1 aromatic rings. The monoisotopic (exact) mass is 216 g/mol. The Morgan fingerprint density at radius 2 is 2.06 bits per heavy atom. The summed E-state index contributed by atoms with van der Waals surface area (Å²) in [5.74, 6) is 0.872. The van der Waals surface area contributed by atoms with Crippen molar-refractivity contribution in [1.29, 1.82) is 0 Å². The van der Waals surface area contributed by atoms with Crippen molar-refractivity contribution in [2.75, 3.05) is 0 Å². The van der Waals surface area contributed by atoms with Gasteiger partial charge in [0.15, 0.2) is 0 Å². The molecule has 0 spiro atoms. The van der Waals surface area contributed by atoms with Crippen molar-refractivity contribution in [2.24, 2.45) is 0 Å². The molecule has 16 heavy (non-hydrogen) atoms. The number of ether oxygens (including phenoxy) is 1. The van der Waals surface area contributed by atoms with Crippen molar-refractivity contribution in [3.63, 3.8) is 0 Å². The third kappa shape index (κ3) is 1.75. The van der Waals surface area contributed by atoms with Gasteiger partial charge in [-0.2, -0.15) is 0 Å². The second-order valence-electron chi connectivity index (χ2n) is 4.12. The van der Waals surface area contributed by atoms with Crippen LogP contribution in [-0.2, 0) is 0 Å². The van der Waals surface area contributed by atoms with Crippen LogP contribution in [0.25, 0.3) is 6.08 Å². The van der Waals surface area contributed by atoms with Gasteiger partial charge in [0.05, 0.1) is 0 Å². The molecule has 0 aliphatic carbocycles. The van der Waals surface area contributed by atoms with Gasteiger partial charge >= 0.3 is 0 Å². The van der Waals surface area contributed by atoms with Crippen LogP contribution in [0.4, 0.5) is 0 Å². The van der Waals surface area contributed by atoms with E-state index in [4.69, 9.17) is 4.74 Å². The molecule has 0 bridgehead atoms. The first-order valence-corrected chi connectivity index (χ1v) is 5.70. The summed E-state index contributed by atoms with van der Waals surface area (Å²) in [6.45, 7) is 4.25. The first kappa shape index (κ1) is 10.9. The molecule has 1 heterocycles. The van der Waals surface area contributed by atoms with Crippen LogP contribution in [0.1, 0.15) is 42.6 Å². The number of fused-ring (bicyclic) bond motifs is 1. The maximum atomic E-state index is 10.7. The van der Waals surface area contributed by atoms with Crippen LogP contribution in [0.5, 0.6) is 5.75 Å². The lowest BCUT2D eigenvalue weighted by atomic mass is 9.92. The zero-order chi connectivity index (χ0) is 11.6. The number of hydrogen-bond donors (Lipinski definition) is 0. The summed E-state index contributed by atoms with van der Waals surface area (Å²) >= 11 is 0. The molecule has 2 heteroatoms. The number of carbonyl (C=O) groups is 1. The minimum atomic E-state index is -0.171. The lowest BCUT2D eigenvalue weighted by Crippen LogP contribution is -2.33. The van der Waals surface area contributed by atoms with Crippen LogP contribution in [0.2, 0.25) is 0 Å². The van der Waals surface area contributed by atoms with Gasteiger partial charge in [0.1, 0.15) is 17.6 Å². The van der Waals surface area contributed by atoms with E-state index in [-0.39, 0.29) is 5.60 Å². The second-order valence-corrected chi connectivity index (χ2v) is 4.12. The zero-order valence-corrected chi connectivity index (χ0v) is 9.69. The summed E-state index contributed by atoms with van der Waals surface area (Å²) in [5, 5.41) is 0. The molecule has 0 unspecified atom stereocenters. The fourth-order valence-electron chi connectivity index (χ4n) is 1.99. The van der Waals surface area contributed by atoms with E-state index < -0.39 is 0 Å². The van der Waals surface area contributed by atoms with E-state index in [1.165, 1.54) is 0 Å². The van der Waals surface area contributed by atoms with E-state index in [0.717, 1.165) is 30.4 Å². The SMILES string of the molecule is CCC1(CC)C=Cc2cc(C=O)ccc2O1. The smallest absolute Gasteiger partial charge is 0.150 e. The molecule has 0 aromatic heterocycles. The molecular formula is C14H16O2. The van der Waals surface area contributed by atoms with Crippen LogP contribution in [0.15, 0.2) is 24.3 Å². The topological polar surface area (TPSA) is 26.3 Å². The van der Waals surface area contributed by atoms with E-state index in [2.05, 4.69) is 26.0 Å². The number of benzene rings is 1. The number of aldehydes is 1. The maximum Gasteiger partial charge on any atom is 0.150 e. The molecule has 0 saturated carbocycles. The van der Waals surface area contributed by atoms with Gasteiger partial charge in [-0.1, -0.05) is 19.9 Å². The van der Waals surface area contributed by atoms with Gasteiger partial charge in [0, 0.05) is 11.1 Å². The first-order chi connectivity index (χ1) is 7.73.